The Morgan fingerprint density at radius 2 is 1.70 bits per heavy atom. The summed E-state index contributed by atoms with van der Waals surface area (Å²) < 4.78 is 26.9. The SMILES string of the molecule is CCSc1ccccc1C(=O)n1ccn(S(=O)(=O)c2ccc(C)cc2)c1=O. The second-order valence-electron chi connectivity index (χ2n) is 5.80. The summed E-state index contributed by atoms with van der Waals surface area (Å²) in [6, 6.07) is 13.1. The summed E-state index contributed by atoms with van der Waals surface area (Å²) in [6.45, 7) is 3.80. The number of rotatable bonds is 5. The van der Waals surface area contributed by atoms with Crippen LogP contribution in [0.4, 0.5) is 0 Å². The Hall–Kier alpha value is -2.58. The molecule has 0 aliphatic heterocycles. The van der Waals surface area contributed by atoms with Crippen molar-refractivity contribution in [2.45, 2.75) is 23.6 Å². The van der Waals surface area contributed by atoms with Crippen molar-refractivity contribution in [1.29, 1.82) is 0 Å². The molecule has 0 N–H and O–H groups in total. The first-order chi connectivity index (χ1) is 12.9. The van der Waals surface area contributed by atoms with E-state index in [0.29, 0.717) is 9.54 Å². The molecule has 27 heavy (non-hydrogen) atoms. The van der Waals surface area contributed by atoms with Gasteiger partial charge in [-0.3, -0.25) is 4.79 Å². The van der Waals surface area contributed by atoms with Gasteiger partial charge in [0.25, 0.3) is 15.9 Å². The molecule has 0 bridgehead atoms. The van der Waals surface area contributed by atoms with E-state index in [1.54, 1.807) is 30.3 Å². The standard InChI is InChI=1S/C19H18N2O4S2/c1-3-26-17-7-5-4-6-16(17)18(22)20-12-13-21(19(20)23)27(24,25)15-10-8-14(2)9-11-15/h4-13H,3H2,1-2H3. The average Bonchev–Trinajstić information content (AvgIpc) is 3.04. The quantitative estimate of drug-likeness (QED) is 0.613. The zero-order valence-electron chi connectivity index (χ0n) is 14.8. The third-order valence-electron chi connectivity index (χ3n) is 3.96. The fourth-order valence-corrected chi connectivity index (χ4v) is 4.59. The fraction of sp³-hybridized carbons (Fsp3) is 0.158. The van der Waals surface area contributed by atoms with Crippen LogP contribution in [0.2, 0.25) is 0 Å². The molecule has 8 heteroatoms. The molecule has 0 aliphatic carbocycles. The highest BCUT2D eigenvalue weighted by Crippen LogP contribution is 2.23. The molecular formula is C19H18N2O4S2. The predicted octanol–water partition coefficient (Wildman–Crippen LogP) is 3.00. The van der Waals surface area contributed by atoms with E-state index in [1.165, 1.54) is 30.1 Å². The molecule has 0 fully saturated rings. The number of benzene rings is 2. The Balaban J connectivity index is 2.05. The minimum absolute atomic E-state index is 0.0117. The van der Waals surface area contributed by atoms with Gasteiger partial charge in [-0.15, -0.1) is 11.8 Å². The molecule has 0 spiro atoms. The third-order valence-corrected chi connectivity index (χ3v) is 6.58. The van der Waals surface area contributed by atoms with Gasteiger partial charge in [-0.25, -0.2) is 17.8 Å². The van der Waals surface area contributed by atoms with E-state index < -0.39 is 21.6 Å². The number of carbonyl (C=O) groups excluding carboxylic acids is 1. The minimum atomic E-state index is -4.08. The van der Waals surface area contributed by atoms with Crippen LogP contribution in [0.25, 0.3) is 0 Å². The van der Waals surface area contributed by atoms with Crippen LogP contribution in [-0.2, 0) is 10.0 Å². The first-order valence-electron chi connectivity index (χ1n) is 8.25. The van der Waals surface area contributed by atoms with Gasteiger partial charge in [-0.05, 0) is 36.9 Å². The number of aromatic nitrogens is 2. The summed E-state index contributed by atoms with van der Waals surface area (Å²) in [5.74, 6) is 0.205. The van der Waals surface area contributed by atoms with Gasteiger partial charge in [-0.1, -0.05) is 36.8 Å². The summed E-state index contributed by atoms with van der Waals surface area (Å²) in [5, 5.41) is 0. The monoisotopic (exact) mass is 402 g/mol. The molecule has 1 aromatic heterocycles. The Kier molecular flexibility index (Phi) is 5.38. The van der Waals surface area contributed by atoms with Gasteiger partial charge in [0, 0.05) is 17.3 Å². The lowest BCUT2D eigenvalue weighted by Crippen LogP contribution is -2.32. The van der Waals surface area contributed by atoms with E-state index in [4.69, 9.17) is 0 Å². The van der Waals surface area contributed by atoms with Crippen molar-refractivity contribution in [3.63, 3.8) is 0 Å². The second kappa shape index (κ2) is 7.58. The summed E-state index contributed by atoms with van der Waals surface area (Å²) in [7, 11) is -4.08. The van der Waals surface area contributed by atoms with Crippen molar-refractivity contribution >= 4 is 27.7 Å². The summed E-state index contributed by atoms with van der Waals surface area (Å²) in [5.41, 5.74) is 0.341. The van der Waals surface area contributed by atoms with Crippen LogP contribution in [0.5, 0.6) is 0 Å². The molecule has 0 saturated carbocycles. The van der Waals surface area contributed by atoms with E-state index >= 15 is 0 Å². The van der Waals surface area contributed by atoms with Crippen LogP contribution in [0.3, 0.4) is 0 Å². The molecule has 3 aromatic rings. The van der Waals surface area contributed by atoms with Gasteiger partial charge in [0.2, 0.25) is 0 Å². The van der Waals surface area contributed by atoms with Crippen LogP contribution < -0.4 is 5.69 Å². The third kappa shape index (κ3) is 3.63. The second-order valence-corrected chi connectivity index (χ2v) is 8.92. The van der Waals surface area contributed by atoms with E-state index in [9.17, 15) is 18.0 Å². The number of thioether (sulfide) groups is 1. The van der Waals surface area contributed by atoms with Crippen LogP contribution >= 0.6 is 11.8 Å². The number of hydrogen-bond donors (Lipinski definition) is 0. The van der Waals surface area contributed by atoms with Gasteiger partial charge in [-0.2, -0.15) is 3.97 Å². The van der Waals surface area contributed by atoms with Gasteiger partial charge < -0.3 is 0 Å². The zero-order valence-corrected chi connectivity index (χ0v) is 16.5. The van der Waals surface area contributed by atoms with Gasteiger partial charge in [0.05, 0.1) is 10.5 Å². The molecule has 1 heterocycles. The normalized spacial score (nSPS) is 11.5. The fourth-order valence-electron chi connectivity index (χ4n) is 2.58. The molecule has 6 nitrogen and oxygen atoms in total. The highest BCUT2D eigenvalue weighted by Gasteiger charge is 2.23. The van der Waals surface area contributed by atoms with Crippen LogP contribution in [-0.4, -0.2) is 28.6 Å². The lowest BCUT2D eigenvalue weighted by Gasteiger charge is -2.07. The first kappa shape index (κ1) is 19.2. The van der Waals surface area contributed by atoms with Crippen LogP contribution in [0, 0.1) is 6.92 Å². The zero-order chi connectivity index (χ0) is 19.6. The summed E-state index contributed by atoms with van der Waals surface area (Å²) in [6.07, 6.45) is 2.29. The minimum Gasteiger partial charge on any atom is -0.268 e. The Morgan fingerprint density at radius 3 is 2.37 bits per heavy atom. The van der Waals surface area contributed by atoms with E-state index in [1.807, 2.05) is 19.9 Å². The number of hydrogen-bond acceptors (Lipinski definition) is 5. The predicted molar refractivity (Wildman–Crippen MR) is 105 cm³/mol. The number of aryl methyl sites for hydroxylation is 1. The maximum absolute atomic E-state index is 12.8. The lowest BCUT2D eigenvalue weighted by atomic mass is 10.2. The Bertz CT molecular complexity index is 1140. The average molecular weight is 402 g/mol. The molecule has 140 valence electrons. The van der Waals surface area contributed by atoms with E-state index in [0.717, 1.165) is 27.0 Å². The molecule has 2 aromatic carbocycles. The lowest BCUT2D eigenvalue weighted by molar-refractivity contribution is 0.0953. The molecule has 0 amide bonds. The topological polar surface area (TPSA) is 78.1 Å². The molecule has 0 saturated heterocycles. The van der Waals surface area contributed by atoms with Gasteiger partial charge in [0.15, 0.2) is 0 Å². The van der Waals surface area contributed by atoms with Crippen LogP contribution in [0.1, 0.15) is 22.8 Å². The van der Waals surface area contributed by atoms with Crippen molar-refractivity contribution in [1.82, 2.24) is 8.54 Å². The molecule has 3 rings (SSSR count). The van der Waals surface area contributed by atoms with E-state index in [-0.39, 0.29) is 4.90 Å². The number of carbonyl (C=O) groups is 1. The number of nitrogens with zero attached hydrogens (tertiary/aromatic N) is 2. The molecule has 0 aliphatic rings. The van der Waals surface area contributed by atoms with Crippen molar-refractivity contribution in [2.75, 3.05) is 5.75 Å². The van der Waals surface area contributed by atoms with Crippen molar-refractivity contribution < 1.29 is 13.2 Å². The van der Waals surface area contributed by atoms with Crippen molar-refractivity contribution in [2.24, 2.45) is 0 Å². The largest absolute Gasteiger partial charge is 0.349 e. The smallest absolute Gasteiger partial charge is 0.268 e. The highest BCUT2D eigenvalue weighted by molar-refractivity contribution is 7.99. The Morgan fingerprint density at radius 1 is 1.04 bits per heavy atom. The summed E-state index contributed by atoms with van der Waals surface area (Å²) in [4.78, 5) is 26.2. The Labute approximate surface area is 161 Å². The van der Waals surface area contributed by atoms with Gasteiger partial charge in [0.1, 0.15) is 0 Å². The maximum Gasteiger partial charge on any atom is 0.349 e. The first-order valence-corrected chi connectivity index (χ1v) is 10.7. The van der Waals surface area contributed by atoms with Crippen molar-refractivity contribution in [3.8, 4) is 0 Å². The molecule has 0 atom stereocenters. The van der Waals surface area contributed by atoms with Crippen LogP contribution in [0.15, 0.2) is 75.5 Å². The molecule has 0 unspecified atom stereocenters. The van der Waals surface area contributed by atoms with Gasteiger partial charge >= 0.3 is 5.69 Å². The maximum atomic E-state index is 12.8. The van der Waals surface area contributed by atoms with Crippen molar-refractivity contribution in [3.05, 3.63) is 82.5 Å². The van der Waals surface area contributed by atoms with E-state index in [2.05, 4.69) is 0 Å². The highest BCUT2D eigenvalue weighted by atomic mass is 32.2. The molecular weight excluding hydrogens is 384 g/mol. The number of imidazole rings is 1. The summed E-state index contributed by atoms with van der Waals surface area (Å²) >= 11 is 1.48. The molecule has 0 radical (unpaired) electrons.